The lowest BCUT2D eigenvalue weighted by atomic mass is 10.0. The molecule has 1 heterocycles. The Hall–Kier alpha value is -1.14. The predicted octanol–water partition coefficient (Wildman–Crippen LogP) is 3.18. The second-order valence-electron chi connectivity index (χ2n) is 5.18. The Morgan fingerprint density at radius 1 is 1.60 bits per heavy atom. The van der Waals surface area contributed by atoms with Crippen molar-refractivity contribution in [1.82, 2.24) is 10.3 Å². The number of aromatic nitrogens is 1. The highest BCUT2D eigenvalue weighted by molar-refractivity contribution is 9.10. The normalized spacial score (nSPS) is 12.8. The summed E-state index contributed by atoms with van der Waals surface area (Å²) in [6.07, 6.45) is 2.76. The Morgan fingerprint density at radius 2 is 2.30 bits per heavy atom. The van der Waals surface area contributed by atoms with Gasteiger partial charge in [0, 0.05) is 10.7 Å². The van der Waals surface area contributed by atoms with Gasteiger partial charge in [0.1, 0.15) is 5.60 Å². The third-order valence-corrected chi connectivity index (χ3v) is 3.29. The van der Waals surface area contributed by atoms with Gasteiger partial charge < -0.3 is 15.2 Å². The number of hydrogen-bond donors (Lipinski definition) is 2. The van der Waals surface area contributed by atoms with Crippen LogP contribution in [0.15, 0.2) is 22.8 Å². The Labute approximate surface area is 127 Å². The van der Waals surface area contributed by atoms with E-state index in [4.69, 9.17) is 4.74 Å². The molecule has 0 aromatic carbocycles. The zero-order chi connectivity index (χ0) is 15.2. The summed E-state index contributed by atoms with van der Waals surface area (Å²) < 4.78 is 6.20. The smallest absolute Gasteiger partial charge is 0.408 e. The van der Waals surface area contributed by atoms with Crippen LogP contribution in [-0.4, -0.2) is 28.4 Å². The van der Waals surface area contributed by atoms with Gasteiger partial charge in [0.2, 0.25) is 0 Å². The number of ether oxygens (including phenoxy) is 1. The Bertz CT molecular complexity index is 452. The summed E-state index contributed by atoms with van der Waals surface area (Å²) in [4.78, 5) is 16.0. The number of carbonyl (C=O) groups excluding carboxylic acids is 1. The van der Waals surface area contributed by atoms with E-state index in [0.29, 0.717) is 5.69 Å². The summed E-state index contributed by atoms with van der Waals surface area (Å²) in [6, 6.07) is 2.94. The van der Waals surface area contributed by atoms with Crippen molar-refractivity contribution >= 4 is 22.0 Å². The van der Waals surface area contributed by atoms with Crippen LogP contribution in [0.5, 0.6) is 0 Å². The Kier molecular flexibility index (Phi) is 6.42. The number of alkyl carbamates (subject to hydrolysis) is 1. The molecule has 20 heavy (non-hydrogen) atoms. The van der Waals surface area contributed by atoms with Gasteiger partial charge in [-0.1, -0.05) is 29.3 Å². The number of rotatable bonds is 6. The van der Waals surface area contributed by atoms with Crippen molar-refractivity contribution in [3.63, 3.8) is 0 Å². The van der Waals surface area contributed by atoms with Crippen molar-refractivity contribution in [2.24, 2.45) is 0 Å². The first-order valence-corrected chi connectivity index (χ1v) is 7.39. The SMILES string of the molecule is CCCC(C)(C)OC(=O)NC(CO)c1cc(Br)ccn1. The molecule has 6 heteroatoms. The molecule has 1 atom stereocenters. The summed E-state index contributed by atoms with van der Waals surface area (Å²) in [7, 11) is 0. The molecular weight excluding hydrogens is 324 g/mol. The summed E-state index contributed by atoms with van der Waals surface area (Å²) in [5.74, 6) is 0. The number of aliphatic hydroxyl groups excluding tert-OH is 1. The number of carbonyl (C=O) groups is 1. The van der Waals surface area contributed by atoms with E-state index < -0.39 is 17.7 Å². The van der Waals surface area contributed by atoms with E-state index >= 15 is 0 Å². The van der Waals surface area contributed by atoms with E-state index in [0.717, 1.165) is 17.3 Å². The van der Waals surface area contributed by atoms with Crippen molar-refractivity contribution in [3.8, 4) is 0 Å². The van der Waals surface area contributed by atoms with Crippen LogP contribution in [0.2, 0.25) is 0 Å². The largest absolute Gasteiger partial charge is 0.444 e. The minimum atomic E-state index is -0.586. The van der Waals surface area contributed by atoms with Crippen LogP contribution >= 0.6 is 15.9 Å². The number of hydrogen-bond acceptors (Lipinski definition) is 4. The summed E-state index contributed by atoms with van der Waals surface area (Å²) in [5.41, 5.74) is 0.0518. The first kappa shape index (κ1) is 16.9. The van der Waals surface area contributed by atoms with Gasteiger partial charge in [-0.3, -0.25) is 4.98 Å². The molecule has 1 unspecified atom stereocenters. The number of amides is 1. The highest BCUT2D eigenvalue weighted by atomic mass is 79.9. The number of pyridine rings is 1. The minimum absolute atomic E-state index is 0.243. The second kappa shape index (κ2) is 7.59. The molecule has 2 N–H and O–H groups in total. The van der Waals surface area contributed by atoms with E-state index in [1.807, 2.05) is 20.8 Å². The number of halogens is 1. The van der Waals surface area contributed by atoms with Gasteiger partial charge in [0.05, 0.1) is 18.3 Å². The topological polar surface area (TPSA) is 71.5 Å². The van der Waals surface area contributed by atoms with Crippen molar-refractivity contribution in [2.45, 2.75) is 45.3 Å². The van der Waals surface area contributed by atoms with E-state index in [-0.39, 0.29) is 6.61 Å². The predicted molar refractivity (Wildman–Crippen MR) is 80.4 cm³/mol. The quantitative estimate of drug-likeness (QED) is 0.831. The Balaban J connectivity index is 2.67. The zero-order valence-electron chi connectivity index (χ0n) is 12.0. The fraction of sp³-hybridized carbons (Fsp3) is 0.571. The van der Waals surface area contributed by atoms with Crippen LogP contribution in [0.3, 0.4) is 0 Å². The van der Waals surface area contributed by atoms with Gasteiger partial charge in [-0.25, -0.2) is 4.79 Å². The van der Waals surface area contributed by atoms with E-state index in [1.165, 1.54) is 0 Å². The highest BCUT2D eigenvalue weighted by Crippen LogP contribution is 2.19. The molecule has 0 spiro atoms. The van der Waals surface area contributed by atoms with Crippen LogP contribution in [0, 0.1) is 0 Å². The fourth-order valence-corrected chi connectivity index (χ4v) is 2.25. The van der Waals surface area contributed by atoms with Crippen molar-refractivity contribution in [1.29, 1.82) is 0 Å². The molecule has 1 amide bonds. The third-order valence-electron chi connectivity index (χ3n) is 2.80. The average molecular weight is 345 g/mol. The van der Waals surface area contributed by atoms with Crippen LogP contribution in [0.25, 0.3) is 0 Å². The Morgan fingerprint density at radius 3 is 2.85 bits per heavy atom. The van der Waals surface area contributed by atoms with Crippen molar-refractivity contribution in [3.05, 3.63) is 28.5 Å². The van der Waals surface area contributed by atoms with Crippen LogP contribution < -0.4 is 5.32 Å². The van der Waals surface area contributed by atoms with Gasteiger partial charge in [0.25, 0.3) is 0 Å². The van der Waals surface area contributed by atoms with Gasteiger partial charge >= 0.3 is 6.09 Å². The highest BCUT2D eigenvalue weighted by Gasteiger charge is 2.24. The molecule has 0 aliphatic heterocycles. The molecule has 0 saturated carbocycles. The maximum Gasteiger partial charge on any atom is 0.408 e. The molecule has 5 nitrogen and oxygen atoms in total. The van der Waals surface area contributed by atoms with E-state index in [2.05, 4.69) is 26.2 Å². The molecular formula is C14H21BrN2O3. The zero-order valence-corrected chi connectivity index (χ0v) is 13.6. The summed E-state index contributed by atoms with van der Waals surface area (Å²) in [6.45, 7) is 5.51. The monoisotopic (exact) mass is 344 g/mol. The lowest BCUT2D eigenvalue weighted by molar-refractivity contribution is 0.0285. The molecule has 0 fully saturated rings. The molecule has 0 radical (unpaired) electrons. The maximum atomic E-state index is 11.9. The molecule has 0 aliphatic carbocycles. The third kappa shape index (κ3) is 5.46. The summed E-state index contributed by atoms with van der Waals surface area (Å²) >= 11 is 3.33. The molecule has 0 aliphatic rings. The lowest BCUT2D eigenvalue weighted by Gasteiger charge is -2.26. The van der Waals surface area contributed by atoms with Crippen molar-refractivity contribution in [2.75, 3.05) is 6.61 Å². The fourth-order valence-electron chi connectivity index (χ4n) is 1.90. The standard InChI is InChI=1S/C14H21BrN2O3/c1-4-6-14(2,3)20-13(19)17-12(9-18)11-8-10(15)5-7-16-11/h5,7-8,12,18H,4,6,9H2,1-3H3,(H,17,19). The number of nitrogens with zero attached hydrogens (tertiary/aromatic N) is 1. The summed E-state index contributed by atoms with van der Waals surface area (Å²) in [5, 5.41) is 12.0. The van der Waals surface area contributed by atoms with Gasteiger partial charge in [-0.05, 0) is 32.4 Å². The van der Waals surface area contributed by atoms with E-state index in [9.17, 15) is 9.90 Å². The first-order valence-electron chi connectivity index (χ1n) is 6.60. The van der Waals surface area contributed by atoms with Crippen LogP contribution in [-0.2, 0) is 4.74 Å². The number of nitrogens with one attached hydrogen (secondary N) is 1. The second-order valence-corrected chi connectivity index (χ2v) is 6.09. The van der Waals surface area contributed by atoms with Gasteiger partial charge in [0.15, 0.2) is 0 Å². The van der Waals surface area contributed by atoms with Crippen LogP contribution in [0.4, 0.5) is 4.79 Å². The van der Waals surface area contributed by atoms with Crippen LogP contribution in [0.1, 0.15) is 45.3 Å². The van der Waals surface area contributed by atoms with Crippen molar-refractivity contribution < 1.29 is 14.6 Å². The van der Waals surface area contributed by atoms with Gasteiger partial charge in [-0.15, -0.1) is 0 Å². The number of aliphatic hydroxyl groups is 1. The molecule has 0 bridgehead atoms. The van der Waals surface area contributed by atoms with E-state index in [1.54, 1.807) is 18.3 Å². The molecule has 1 aromatic rings. The molecule has 1 rings (SSSR count). The minimum Gasteiger partial charge on any atom is -0.444 e. The lowest BCUT2D eigenvalue weighted by Crippen LogP contribution is -2.37. The molecule has 0 saturated heterocycles. The molecule has 1 aromatic heterocycles. The van der Waals surface area contributed by atoms with Gasteiger partial charge in [-0.2, -0.15) is 0 Å². The molecule has 112 valence electrons. The average Bonchev–Trinajstić information content (AvgIpc) is 2.35. The maximum absolute atomic E-state index is 11.9. The first-order chi connectivity index (χ1) is 9.38.